The Morgan fingerprint density at radius 3 is 2.16 bits per heavy atom. The molecule has 0 aliphatic heterocycles. The molecule has 3 N–H and O–H groups in total. The number of carbonyl (C=O) groups is 1. The van der Waals surface area contributed by atoms with Crippen molar-refractivity contribution in [2.75, 3.05) is 11.4 Å². The van der Waals surface area contributed by atoms with Gasteiger partial charge in [0.25, 0.3) is 0 Å². The number of amides is 1. The van der Waals surface area contributed by atoms with Gasteiger partial charge in [-0.15, -0.1) is 0 Å². The Labute approximate surface area is 183 Å². The van der Waals surface area contributed by atoms with E-state index in [0.717, 1.165) is 22.4 Å². The summed E-state index contributed by atoms with van der Waals surface area (Å²) in [6, 6.07) is 24.0. The summed E-state index contributed by atoms with van der Waals surface area (Å²) >= 11 is 0. The fourth-order valence-electron chi connectivity index (χ4n) is 3.29. The number of nitrogens with two attached hydrogens (primary N) is 1. The SMILES string of the molecule is Cc1ccc(N(CC(=O)NC(C)c2ccc(S(N)(=O)=O)cc2)Cc2ccccc2)cc1. The molecule has 0 saturated heterocycles. The lowest BCUT2D eigenvalue weighted by Gasteiger charge is -2.26. The fourth-order valence-corrected chi connectivity index (χ4v) is 3.80. The number of primary sulfonamides is 1. The highest BCUT2D eigenvalue weighted by Crippen LogP contribution is 2.19. The lowest BCUT2D eigenvalue weighted by molar-refractivity contribution is -0.120. The van der Waals surface area contributed by atoms with E-state index >= 15 is 0 Å². The quantitative estimate of drug-likeness (QED) is 0.564. The van der Waals surface area contributed by atoms with Crippen LogP contribution in [0, 0.1) is 6.92 Å². The van der Waals surface area contributed by atoms with Gasteiger partial charge in [-0.1, -0.05) is 60.2 Å². The lowest BCUT2D eigenvalue weighted by atomic mass is 10.1. The number of hydrogen-bond donors (Lipinski definition) is 2. The zero-order chi connectivity index (χ0) is 22.4. The third kappa shape index (κ3) is 6.41. The van der Waals surface area contributed by atoms with Crippen molar-refractivity contribution in [2.24, 2.45) is 5.14 Å². The van der Waals surface area contributed by atoms with Gasteiger partial charge in [0.1, 0.15) is 0 Å². The molecule has 3 aromatic carbocycles. The molecule has 0 radical (unpaired) electrons. The molecule has 0 heterocycles. The molecule has 0 aromatic heterocycles. The summed E-state index contributed by atoms with van der Waals surface area (Å²) < 4.78 is 22.8. The molecule has 0 spiro atoms. The second kappa shape index (κ2) is 9.76. The summed E-state index contributed by atoms with van der Waals surface area (Å²) in [7, 11) is -3.74. The van der Waals surface area contributed by atoms with Crippen LogP contribution >= 0.6 is 0 Å². The number of nitrogens with zero attached hydrogens (tertiary/aromatic N) is 1. The number of aryl methyl sites for hydroxylation is 1. The molecule has 7 heteroatoms. The minimum atomic E-state index is -3.74. The summed E-state index contributed by atoms with van der Waals surface area (Å²) in [5.74, 6) is -0.125. The molecule has 3 rings (SSSR count). The first-order chi connectivity index (χ1) is 14.7. The van der Waals surface area contributed by atoms with Crippen LogP contribution < -0.4 is 15.4 Å². The molecule has 0 bridgehead atoms. The maximum Gasteiger partial charge on any atom is 0.240 e. The van der Waals surface area contributed by atoms with E-state index in [1.807, 2.05) is 73.3 Å². The van der Waals surface area contributed by atoms with Crippen molar-refractivity contribution in [3.05, 3.63) is 95.6 Å². The number of sulfonamides is 1. The zero-order valence-electron chi connectivity index (χ0n) is 17.7. The van der Waals surface area contributed by atoms with Crippen LogP contribution in [0.15, 0.2) is 83.8 Å². The number of carbonyl (C=O) groups excluding carboxylic acids is 1. The second-order valence-electron chi connectivity index (χ2n) is 7.58. The highest BCUT2D eigenvalue weighted by molar-refractivity contribution is 7.89. The number of nitrogens with one attached hydrogen (secondary N) is 1. The Bertz CT molecular complexity index is 1110. The number of benzene rings is 3. The van der Waals surface area contributed by atoms with E-state index < -0.39 is 10.0 Å². The van der Waals surface area contributed by atoms with Crippen molar-refractivity contribution < 1.29 is 13.2 Å². The Morgan fingerprint density at radius 2 is 1.58 bits per heavy atom. The van der Waals surface area contributed by atoms with E-state index in [1.165, 1.54) is 12.1 Å². The predicted molar refractivity (Wildman–Crippen MR) is 123 cm³/mol. The maximum absolute atomic E-state index is 12.8. The van der Waals surface area contributed by atoms with E-state index in [4.69, 9.17) is 5.14 Å². The molecule has 1 amide bonds. The summed E-state index contributed by atoms with van der Waals surface area (Å²) in [4.78, 5) is 14.9. The van der Waals surface area contributed by atoms with Gasteiger partial charge < -0.3 is 10.2 Å². The molecule has 0 fully saturated rings. The molecule has 31 heavy (non-hydrogen) atoms. The normalized spacial score (nSPS) is 12.2. The van der Waals surface area contributed by atoms with Gasteiger partial charge in [-0.2, -0.15) is 0 Å². The van der Waals surface area contributed by atoms with Crippen LogP contribution in [0.2, 0.25) is 0 Å². The van der Waals surface area contributed by atoms with E-state index in [9.17, 15) is 13.2 Å². The van der Waals surface area contributed by atoms with Crippen molar-refractivity contribution in [1.29, 1.82) is 0 Å². The first kappa shape index (κ1) is 22.5. The van der Waals surface area contributed by atoms with Gasteiger partial charge in [0.05, 0.1) is 17.5 Å². The third-order valence-corrected chi connectivity index (χ3v) is 5.97. The molecular formula is C24H27N3O3S. The van der Waals surface area contributed by atoms with Crippen LogP contribution in [0.25, 0.3) is 0 Å². The van der Waals surface area contributed by atoms with E-state index in [-0.39, 0.29) is 23.4 Å². The van der Waals surface area contributed by atoms with Crippen molar-refractivity contribution in [1.82, 2.24) is 5.32 Å². The summed E-state index contributed by atoms with van der Waals surface area (Å²) in [6.07, 6.45) is 0. The van der Waals surface area contributed by atoms with E-state index in [2.05, 4.69) is 5.32 Å². The third-order valence-electron chi connectivity index (χ3n) is 5.04. The average molecular weight is 438 g/mol. The van der Waals surface area contributed by atoms with Gasteiger partial charge in [0, 0.05) is 12.2 Å². The molecule has 1 unspecified atom stereocenters. The van der Waals surface area contributed by atoms with Gasteiger partial charge >= 0.3 is 0 Å². The van der Waals surface area contributed by atoms with Crippen molar-refractivity contribution >= 4 is 21.6 Å². The van der Waals surface area contributed by atoms with Crippen molar-refractivity contribution in [3.63, 3.8) is 0 Å². The van der Waals surface area contributed by atoms with E-state index in [0.29, 0.717) is 6.54 Å². The topological polar surface area (TPSA) is 92.5 Å². The molecular weight excluding hydrogens is 410 g/mol. The molecule has 162 valence electrons. The summed E-state index contributed by atoms with van der Waals surface area (Å²) in [5.41, 5.74) is 4.03. The first-order valence-electron chi connectivity index (χ1n) is 10.00. The average Bonchev–Trinajstić information content (AvgIpc) is 2.74. The second-order valence-corrected chi connectivity index (χ2v) is 9.14. The van der Waals surface area contributed by atoms with Gasteiger partial charge in [-0.25, -0.2) is 13.6 Å². The van der Waals surface area contributed by atoms with Gasteiger partial charge in [-0.3, -0.25) is 4.79 Å². The van der Waals surface area contributed by atoms with Crippen molar-refractivity contribution in [3.8, 4) is 0 Å². The maximum atomic E-state index is 12.8. The molecule has 6 nitrogen and oxygen atoms in total. The van der Waals surface area contributed by atoms with Gasteiger partial charge in [-0.05, 0) is 49.2 Å². The fraction of sp³-hybridized carbons (Fsp3) is 0.208. The van der Waals surface area contributed by atoms with Crippen LogP contribution in [0.3, 0.4) is 0 Å². The highest BCUT2D eigenvalue weighted by atomic mass is 32.2. The molecule has 3 aromatic rings. The predicted octanol–water partition coefficient (Wildman–Crippen LogP) is 3.53. The van der Waals surface area contributed by atoms with Crippen LogP contribution in [0.4, 0.5) is 5.69 Å². The standard InChI is InChI=1S/C24H27N3O3S/c1-18-8-12-22(13-9-18)27(16-20-6-4-3-5-7-20)17-24(28)26-19(2)21-10-14-23(15-11-21)31(25,29)30/h3-15,19H,16-17H2,1-2H3,(H,26,28)(H2,25,29,30). The minimum absolute atomic E-state index is 0.0446. The summed E-state index contributed by atoms with van der Waals surface area (Å²) in [6.45, 7) is 4.68. The van der Waals surface area contributed by atoms with Crippen LogP contribution in [0.1, 0.15) is 29.7 Å². The van der Waals surface area contributed by atoms with Crippen molar-refractivity contribution in [2.45, 2.75) is 31.3 Å². The largest absolute Gasteiger partial charge is 0.358 e. The molecule has 0 aliphatic rings. The van der Waals surface area contributed by atoms with Crippen LogP contribution in [-0.2, 0) is 21.4 Å². The van der Waals surface area contributed by atoms with E-state index in [1.54, 1.807) is 12.1 Å². The molecule has 0 saturated carbocycles. The Balaban J connectivity index is 1.71. The first-order valence-corrected chi connectivity index (χ1v) is 11.5. The van der Waals surface area contributed by atoms with Crippen LogP contribution in [-0.4, -0.2) is 20.9 Å². The summed E-state index contributed by atoms with van der Waals surface area (Å²) in [5, 5.41) is 8.13. The molecule has 0 aliphatic carbocycles. The smallest absolute Gasteiger partial charge is 0.240 e. The molecule has 1 atom stereocenters. The van der Waals surface area contributed by atoms with Gasteiger partial charge in [0.15, 0.2) is 0 Å². The van der Waals surface area contributed by atoms with Crippen LogP contribution in [0.5, 0.6) is 0 Å². The van der Waals surface area contributed by atoms with Gasteiger partial charge in [0.2, 0.25) is 15.9 Å². The lowest BCUT2D eigenvalue weighted by Crippen LogP contribution is -2.38. The Kier molecular flexibility index (Phi) is 7.09. The monoisotopic (exact) mass is 437 g/mol. The number of anilines is 1. The minimum Gasteiger partial charge on any atom is -0.358 e. The highest BCUT2D eigenvalue weighted by Gasteiger charge is 2.16. The Hall–Kier alpha value is -3.16. The zero-order valence-corrected chi connectivity index (χ0v) is 18.5. The number of hydrogen-bond acceptors (Lipinski definition) is 4. The Morgan fingerprint density at radius 1 is 0.968 bits per heavy atom. The number of rotatable bonds is 8.